The SMILES string of the molecule is CC(C)CSc1nnc(NC(=O)Cc2cccc(Cl)c2)s1. The van der Waals surface area contributed by atoms with Crippen LogP contribution in [0.1, 0.15) is 19.4 Å². The van der Waals surface area contributed by atoms with Gasteiger partial charge in [-0.2, -0.15) is 0 Å². The normalized spacial score (nSPS) is 10.9. The van der Waals surface area contributed by atoms with Crippen LogP contribution in [-0.2, 0) is 11.2 Å². The smallest absolute Gasteiger partial charge is 0.230 e. The van der Waals surface area contributed by atoms with E-state index in [0.717, 1.165) is 15.7 Å². The van der Waals surface area contributed by atoms with Crippen molar-refractivity contribution in [2.45, 2.75) is 24.6 Å². The largest absolute Gasteiger partial charge is 0.300 e. The second kappa shape index (κ2) is 7.77. The third-order valence-electron chi connectivity index (χ3n) is 2.45. The molecule has 0 aliphatic rings. The summed E-state index contributed by atoms with van der Waals surface area (Å²) in [6.45, 7) is 4.31. The number of anilines is 1. The van der Waals surface area contributed by atoms with Gasteiger partial charge in [-0.15, -0.1) is 10.2 Å². The minimum Gasteiger partial charge on any atom is -0.300 e. The van der Waals surface area contributed by atoms with Crippen LogP contribution in [0.15, 0.2) is 28.6 Å². The van der Waals surface area contributed by atoms with E-state index in [1.165, 1.54) is 11.3 Å². The van der Waals surface area contributed by atoms with E-state index < -0.39 is 0 Å². The molecule has 112 valence electrons. The highest BCUT2D eigenvalue weighted by molar-refractivity contribution is 8.01. The molecule has 0 aliphatic heterocycles. The van der Waals surface area contributed by atoms with Crippen LogP contribution in [-0.4, -0.2) is 21.9 Å². The molecule has 2 rings (SSSR count). The van der Waals surface area contributed by atoms with Crippen molar-refractivity contribution in [3.8, 4) is 0 Å². The van der Waals surface area contributed by atoms with Crippen LogP contribution in [0, 0.1) is 5.92 Å². The Morgan fingerprint density at radius 2 is 2.24 bits per heavy atom. The highest BCUT2D eigenvalue weighted by atomic mass is 35.5. The van der Waals surface area contributed by atoms with Crippen molar-refractivity contribution < 1.29 is 4.79 Å². The molecule has 0 spiro atoms. The lowest BCUT2D eigenvalue weighted by Gasteiger charge is -2.02. The zero-order valence-electron chi connectivity index (χ0n) is 11.8. The van der Waals surface area contributed by atoms with Crippen molar-refractivity contribution >= 4 is 45.7 Å². The van der Waals surface area contributed by atoms with E-state index >= 15 is 0 Å². The van der Waals surface area contributed by atoms with Crippen LogP contribution in [0.2, 0.25) is 5.02 Å². The number of amides is 1. The second-order valence-electron chi connectivity index (χ2n) is 4.93. The van der Waals surface area contributed by atoms with Crippen molar-refractivity contribution in [3.05, 3.63) is 34.9 Å². The molecule has 0 aliphatic carbocycles. The summed E-state index contributed by atoms with van der Waals surface area (Å²) in [5, 5.41) is 12.0. The van der Waals surface area contributed by atoms with Gasteiger partial charge in [0.05, 0.1) is 6.42 Å². The van der Waals surface area contributed by atoms with Gasteiger partial charge < -0.3 is 5.32 Å². The summed E-state index contributed by atoms with van der Waals surface area (Å²) in [7, 11) is 0. The first-order valence-corrected chi connectivity index (χ1v) is 8.71. The maximum absolute atomic E-state index is 11.9. The summed E-state index contributed by atoms with van der Waals surface area (Å²) in [5.74, 6) is 1.47. The number of thioether (sulfide) groups is 1. The number of hydrogen-bond acceptors (Lipinski definition) is 5. The molecule has 7 heteroatoms. The van der Waals surface area contributed by atoms with Crippen LogP contribution in [0.25, 0.3) is 0 Å². The lowest BCUT2D eigenvalue weighted by atomic mass is 10.1. The van der Waals surface area contributed by atoms with Gasteiger partial charge in [-0.05, 0) is 23.6 Å². The summed E-state index contributed by atoms with van der Waals surface area (Å²) < 4.78 is 0.877. The predicted octanol–water partition coefficient (Wildman–Crippen LogP) is 4.12. The first kappa shape index (κ1) is 16.3. The standard InChI is InChI=1S/C14H16ClN3OS2/c1-9(2)8-20-14-18-17-13(21-14)16-12(19)7-10-4-3-5-11(15)6-10/h3-6,9H,7-8H2,1-2H3,(H,16,17,19). The summed E-state index contributed by atoms with van der Waals surface area (Å²) in [6.07, 6.45) is 0.272. The van der Waals surface area contributed by atoms with Crippen molar-refractivity contribution in [2.24, 2.45) is 5.92 Å². The van der Waals surface area contributed by atoms with E-state index in [4.69, 9.17) is 11.6 Å². The molecule has 21 heavy (non-hydrogen) atoms. The molecule has 1 N–H and O–H groups in total. The Balaban J connectivity index is 1.88. The number of nitrogens with zero attached hydrogens (tertiary/aromatic N) is 2. The van der Waals surface area contributed by atoms with Gasteiger partial charge in [0, 0.05) is 10.8 Å². The van der Waals surface area contributed by atoms with Gasteiger partial charge in [0.1, 0.15) is 0 Å². The van der Waals surface area contributed by atoms with E-state index in [9.17, 15) is 4.79 Å². The number of aromatic nitrogens is 2. The number of carbonyl (C=O) groups excluding carboxylic acids is 1. The number of hydrogen-bond donors (Lipinski definition) is 1. The molecule has 1 amide bonds. The molecule has 0 unspecified atom stereocenters. The van der Waals surface area contributed by atoms with Crippen molar-refractivity contribution in [3.63, 3.8) is 0 Å². The maximum atomic E-state index is 11.9. The summed E-state index contributed by atoms with van der Waals surface area (Å²) >= 11 is 8.96. The summed E-state index contributed by atoms with van der Waals surface area (Å²) in [4.78, 5) is 11.9. The van der Waals surface area contributed by atoms with Crippen molar-refractivity contribution in [2.75, 3.05) is 11.1 Å². The molecule has 4 nitrogen and oxygen atoms in total. The lowest BCUT2D eigenvalue weighted by Crippen LogP contribution is -2.14. The Hall–Kier alpha value is -1.11. The summed E-state index contributed by atoms with van der Waals surface area (Å²) in [5.41, 5.74) is 0.874. The zero-order valence-corrected chi connectivity index (χ0v) is 14.2. The minimum atomic E-state index is -0.117. The van der Waals surface area contributed by atoms with Gasteiger partial charge in [0.15, 0.2) is 4.34 Å². The Morgan fingerprint density at radius 1 is 1.43 bits per heavy atom. The number of halogens is 1. The molecule has 2 aromatic rings. The lowest BCUT2D eigenvalue weighted by molar-refractivity contribution is -0.115. The van der Waals surface area contributed by atoms with Gasteiger partial charge in [0.25, 0.3) is 0 Å². The van der Waals surface area contributed by atoms with Crippen LogP contribution < -0.4 is 5.32 Å². The van der Waals surface area contributed by atoms with Crippen LogP contribution >= 0.6 is 34.7 Å². The zero-order chi connectivity index (χ0) is 15.2. The third-order valence-corrected chi connectivity index (χ3v) is 5.08. The van der Waals surface area contributed by atoms with Gasteiger partial charge >= 0.3 is 0 Å². The van der Waals surface area contributed by atoms with E-state index in [1.807, 2.05) is 12.1 Å². The van der Waals surface area contributed by atoms with Gasteiger partial charge in [-0.1, -0.05) is 60.7 Å². The Bertz CT molecular complexity index is 616. The number of rotatable bonds is 6. The Kier molecular flexibility index (Phi) is 6.02. The quantitative estimate of drug-likeness (QED) is 0.634. The van der Waals surface area contributed by atoms with Crippen molar-refractivity contribution in [1.29, 1.82) is 0 Å². The van der Waals surface area contributed by atoms with Crippen LogP contribution in [0.5, 0.6) is 0 Å². The molecule has 0 saturated heterocycles. The van der Waals surface area contributed by atoms with Crippen LogP contribution in [0.4, 0.5) is 5.13 Å². The molecule has 1 heterocycles. The second-order valence-corrected chi connectivity index (χ2v) is 7.61. The average Bonchev–Trinajstić information content (AvgIpc) is 2.83. The molecule has 1 aromatic carbocycles. The Morgan fingerprint density at radius 3 is 2.95 bits per heavy atom. The fourth-order valence-corrected chi connectivity index (χ4v) is 3.51. The number of carbonyl (C=O) groups is 1. The van der Waals surface area contributed by atoms with Crippen LogP contribution in [0.3, 0.4) is 0 Å². The van der Waals surface area contributed by atoms with Gasteiger partial charge in [-0.25, -0.2) is 0 Å². The van der Waals surface area contributed by atoms with Gasteiger partial charge in [-0.3, -0.25) is 4.79 Å². The fourth-order valence-electron chi connectivity index (χ4n) is 1.55. The topological polar surface area (TPSA) is 54.9 Å². The van der Waals surface area contributed by atoms with E-state index in [0.29, 0.717) is 16.1 Å². The molecule has 0 fully saturated rings. The van der Waals surface area contributed by atoms with Gasteiger partial charge in [0.2, 0.25) is 11.0 Å². The predicted molar refractivity (Wildman–Crippen MR) is 89.3 cm³/mol. The molecular weight excluding hydrogens is 326 g/mol. The highest BCUT2D eigenvalue weighted by Gasteiger charge is 2.10. The fraction of sp³-hybridized carbons (Fsp3) is 0.357. The maximum Gasteiger partial charge on any atom is 0.230 e. The average molecular weight is 342 g/mol. The van der Waals surface area contributed by atoms with E-state index in [-0.39, 0.29) is 12.3 Å². The third kappa shape index (κ3) is 5.65. The first-order valence-electron chi connectivity index (χ1n) is 6.53. The minimum absolute atomic E-state index is 0.117. The monoisotopic (exact) mass is 341 g/mol. The molecule has 0 radical (unpaired) electrons. The van der Waals surface area contributed by atoms with E-state index in [2.05, 4.69) is 29.4 Å². The molecule has 1 aromatic heterocycles. The van der Waals surface area contributed by atoms with Crippen molar-refractivity contribution in [1.82, 2.24) is 10.2 Å². The Labute approximate surface area is 137 Å². The molecule has 0 bridgehead atoms. The molecular formula is C14H16ClN3OS2. The number of nitrogens with one attached hydrogen (secondary N) is 1. The molecule has 0 atom stereocenters. The number of benzene rings is 1. The molecule has 0 saturated carbocycles. The summed E-state index contributed by atoms with van der Waals surface area (Å²) in [6, 6.07) is 7.27. The van der Waals surface area contributed by atoms with E-state index in [1.54, 1.807) is 23.9 Å². The first-order chi connectivity index (χ1) is 10.0. The highest BCUT2D eigenvalue weighted by Crippen LogP contribution is 2.27.